The van der Waals surface area contributed by atoms with Crippen molar-refractivity contribution in [3.05, 3.63) is 101 Å². The van der Waals surface area contributed by atoms with Crippen LogP contribution in [0.15, 0.2) is 96.4 Å². The van der Waals surface area contributed by atoms with Gasteiger partial charge in [0.2, 0.25) is 0 Å². The van der Waals surface area contributed by atoms with E-state index in [1.807, 2.05) is 43.4 Å². The molecule has 32 heavy (non-hydrogen) atoms. The summed E-state index contributed by atoms with van der Waals surface area (Å²) in [6.07, 6.45) is 0.816. The second-order valence-corrected chi connectivity index (χ2v) is 8.69. The molecule has 0 fully saturated rings. The fraction of sp³-hybridized carbons (Fsp3) is 0.143. The third-order valence-electron chi connectivity index (χ3n) is 5.59. The molecule has 5 rings (SSSR count). The van der Waals surface area contributed by atoms with Crippen molar-refractivity contribution in [2.24, 2.45) is 0 Å². The number of thiophene rings is 1. The molecule has 4 heteroatoms. The van der Waals surface area contributed by atoms with Crippen LogP contribution in [0.4, 0.5) is 0 Å². The van der Waals surface area contributed by atoms with Crippen LogP contribution in [-0.4, -0.2) is 13.6 Å². The highest BCUT2D eigenvalue weighted by molar-refractivity contribution is 7.10. The molecule has 3 nitrogen and oxygen atoms in total. The number of rotatable bonds is 8. The molecule has 1 unspecified atom stereocenters. The first-order chi connectivity index (χ1) is 15.8. The Labute approximate surface area is 192 Å². The van der Waals surface area contributed by atoms with E-state index in [-0.39, 0.29) is 6.10 Å². The Morgan fingerprint density at radius 2 is 1.50 bits per heavy atom. The van der Waals surface area contributed by atoms with Crippen LogP contribution in [0, 0.1) is 0 Å². The lowest BCUT2D eigenvalue weighted by molar-refractivity contribution is 0.195. The molecule has 0 amide bonds. The van der Waals surface area contributed by atoms with Gasteiger partial charge in [0.15, 0.2) is 11.5 Å². The van der Waals surface area contributed by atoms with Gasteiger partial charge < -0.3 is 14.8 Å². The summed E-state index contributed by atoms with van der Waals surface area (Å²) in [5.41, 5.74) is 0. The summed E-state index contributed by atoms with van der Waals surface area (Å²) in [6, 6.07) is 31.1. The molecule has 0 spiro atoms. The molecule has 0 bridgehead atoms. The first kappa shape index (κ1) is 20.6. The van der Waals surface area contributed by atoms with Gasteiger partial charge in [-0.15, -0.1) is 11.3 Å². The molecular formula is C28H25NO2S. The lowest BCUT2D eigenvalue weighted by atomic mass is 10.1. The van der Waals surface area contributed by atoms with Crippen molar-refractivity contribution in [1.29, 1.82) is 0 Å². The van der Waals surface area contributed by atoms with E-state index in [2.05, 4.69) is 65.3 Å². The van der Waals surface area contributed by atoms with Crippen molar-refractivity contribution in [2.45, 2.75) is 12.5 Å². The monoisotopic (exact) mass is 439 g/mol. The zero-order valence-corrected chi connectivity index (χ0v) is 18.8. The normalized spacial score (nSPS) is 12.2. The summed E-state index contributed by atoms with van der Waals surface area (Å²) in [5.74, 6) is 2.34. The quantitative estimate of drug-likeness (QED) is 0.270. The standard InChI is InChI=1S/C28H25NO2S/c1-29-18-17-25(27-14-7-19-32-27)31-28-23-12-5-3-9-21(23)15-16-26(28)30-24-13-6-10-20-8-2-4-11-22(20)24/h2-16,19,25,29H,17-18H2,1H3. The van der Waals surface area contributed by atoms with Crippen LogP contribution in [0.2, 0.25) is 0 Å². The summed E-state index contributed by atoms with van der Waals surface area (Å²) in [4.78, 5) is 1.21. The van der Waals surface area contributed by atoms with Crippen molar-refractivity contribution in [2.75, 3.05) is 13.6 Å². The molecule has 0 radical (unpaired) electrons. The van der Waals surface area contributed by atoms with Crippen LogP contribution in [0.3, 0.4) is 0 Å². The molecule has 0 saturated carbocycles. The average molecular weight is 440 g/mol. The minimum absolute atomic E-state index is 0.0527. The van der Waals surface area contributed by atoms with Gasteiger partial charge in [-0.2, -0.15) is 0 Å². The van der Waals surface area contributed by atoms with Gasteiger partial charge >= 0.3 is 0 Å². The average Bonchev–Trinajstić information content (AvgIpc) is 3.38. The summed E-state index contributed by atoms with van der Waals surface area (Å²) in [5, 5.41) is 9.77. The van der Waals surface area contributed by atoms with E-state index in [4.69, 9.17) is 9.47 Å². The number of hydrogen-bond acceptors (Lipinski definition) is 4. The number of fused-ring (bicyclic) bond motifs is 2. The fourth-order valence-electron chi connectivity index (χ4n) is 3.98. The van der Waals surface area contributed by atoms with E-state index in [0.29, 0.717) is 0 Å². The molecule has 0 aliphatic carbocycles. The van der Waals surface area contributed by atoms with Gasteiger partial charge in [-0.3, -0.25) is 0 Å². The molecule has 4 aromatic carbocycles. The lowest BCUT2D eigenvalue weighted by Crippen LogP contribution is -2.16. The Morgan fingerprint density at radius 3 is 2.28 bits per heavy atom. The van der Waals surface area contributed by atoms with E-state index >= 15 is 0 Å². The number of hydrogen-bond donors (Lipinski definition) is 1. The lowest BCUT2D eigenvalue weighted by Gasteiger charge is -2.22. The third kappa shape index (κ3) is 4.20. The minimum atomic E-state index is -0.0527. The van der Waals surface area contributed by atoms with E-state index in [0.717, 1.165) is 51.8 Å². The van der Waals surface area contributed by atoms with Gasteiger partial charge in [-0.05, 0) is 47.9 Å². The van der Waals surface area contributed by atoms with Crippen LogP contribution >= 0.6 is 11.3 Å². The van der Waals surface area contributed by atoms with E-state index in [1.165, 1.54) is 4.88 Å². The van der Waals surface area contributed by atoms with Gasteiger partial charge in [0.25, 0.3) is 0 Å². The van der Waals surface area contributed by atoms with Gasteiger partial charge in [-0.25, -0.2) is 0 Å². The summed E-state index contributed by atoms with van der Waals surface area (Å²) >= 11 is 1.72. The zero-order chi connectivity index (χ0) is 21.8. The van der Waals surface area contributed by atoms with Crippen LogP contribution in [0.25, 0.3) is 21.5 Å². The summed E-state index contributed by atoms with van der Waals surface area (Å²) in [7, 11) is 1.97. The minimum Gasteiger partial charge on any atom is -0.480 e. The predicted octanol–water partition coefficient (Wildman–Crippen LogP) is 7.58. The fourth-order valence-corrected chi connectivity index (χ4v) is 4.77. The molecule has 0 aliphatic rings. The van der Waals surface area contributed by atoms with Gasteiger partial charge in [0.05, 0.1) is 0 Å². The predicted molar refractivity (Wildman–Crippen MR) is 134 cm³/mol. The largest absolute Gasteiger partial charge is 0.480 e. The van der Waals surface area contributed by atoms with Crippen molar-refractivity contribution >= 4 is 32.9 Å². The van der Waals surface area contributed by atoms with E-state index < -0.39 is 0 Å². The molecule has 5 aromatic rings. The Balaban J connectivity index is 1.59. The Hall–Kier alpha value is -3.34. The maximum absolute atomic E-state index is 6.74. The summed E-state index contributed by atoms with van der Waals surface area (Å²) in [6.45, 7) is 0.868. The highest BCUT2D eigenvalue weighted by atomic mass is 32.1. The first-order valence-electron chi connectivity index (χ1n) is 10.9. The molecule has 0 saturated heterocycles. The van der Waals surface area contributed by atoms with Crippen molar-refractivity contribution in [3.8, 4) is 17.2 Å². The van der Waals surface area contributed by atoms with Crippen LogP contribution in [0.1, 0.15) is 17.4 Å². The highest BCUT2D eigenvalue weighted by Crippen LogP contribution is 2.42. The van der Waals surface area contributed by atoms with Gasteiger partial charge in [0, 0.05) is 22.1 Å². The van der Waals surface area contributed by atoms with Gasteiger partial charge in [0.1, 0.15) is 11.9 Å². The number of benzene rings is 4. The zero-order valence-electron chi connectivity index (χ0n) is 18.0. The van der Waals surface area contributed by atoms with Crippen LogP contribution in [0.5, 0.6) is 17.2 Å². The molecule has 0 aliphatic heterocycles. The van der Waals surface area contributed by atoms with Crippen molar-refractivity contribution < 1.29 is 9.47 Å². The molecule has 1 aromatic heterocycles. The Bertz CT molecular complexity index is 1320. The molecule has 1 N–H and O–H groups in total. The van der Waals surface area contributed by atoms with E-state index in [9.17, 15) is 0 Å². The Kier molecular flexibility index (Phi) is 6.06. The van der Waals surface area contributed by atoms with Crippen molar-refractivity contribution in [1.82, 2.24) is 5.32 Å². The highest BCUT2D eigenvalue weighted by Gasteiger charge is 2.20. The first-order valence-corrected chi connectivity index (χ1v) is 11.7. The smallest absolute Gasteiger partial charge is 0.170 e. The molecule has 1 heterocycles. The second kappa shape index (κ2) is 9.43. The van der Waals surface area contributed by atoms with Crippen LogP contribution in [-0.2, 0) is 0 Å². The van der Waals surface area contributed by atoms with Crippen LogP contribution < -0.4 is 14.8 Å². The SMILES string of the molecule is CNCCC(Oc1c(Oc2cccc3ccccc23)ccc2ccccc12)c1cccs1. The Morgan fingerprint density at radius 1 is 0.750 bits per heavy atom. The molecular weight excluding hydrogens is 414 g/mol. The maximum Gasteiger partial charge on any atom is 0.170 e. The number of nitrogens with one attached hydrogen (secondary N) is 1. The topological polar surface area (TPSA) is 30.5 Å². The van der Waals surface area contributed by atoms with Crippen molar-refractivity contribution in [3.63, 3.8) is 0 Å². The maximum atomic E-state index is 6.74. The molecule has 160 valence electrons. The third-order valence-corrected chi connectivity index (χ3v) is 6.55. The summed E-state index contributed by atoms with van der Waals surface area (Å²) < 4.78 is 13.3. The van der Waals surface area contributed by atoms with E-state index in [1.54, 1.807) is 11.3 Å². The molecule has 1 atom stereocenters. The number of ether oxygens (including phenoxy) is 2. The van der Waals surface area contributed by atoms with Gasteiger partial charge in [-0.1, -0.05) is 72.8 Å². The second-order valence-electron chi connectivity index (χ2n) is 7.71.